The summed E-state index contributed by atoms with van der Waals surface area (Å²) in [5.41, 5.74) is 0.622. The summed E-state index contributed by atoms with van der Waals surface area (Å²) in [6.07, 6.45) is -1.47. The van der Waals surface area contributed by atoms with Gasteiger partial charge in [0.1, 0.15) is 4.92 Å². The van der Waals surface area contributed by atoms with Crippen LogP contribution >= 0.6 is 0 Å². The van der Waals surface area contributed by atoms with Crippen molar-refractivity contribution in [1.29, 1.82) is 0 Å². The molecule has 0 bridgehead atoms. The number of aliphatic hydroxyl groups is 1. The maximum atomic E-state index is 10.3. The highest BCUT2D eigenvalue weighted by atomic mass is 16.8. The molecule has 74 valence electrons. The first-order chi connectivity index (χ1) is 6.70. The molecule has 0 saturated carbocycles. The van der Waals surface area contributed by atoms with Crippen LogP contribution in [-0.4, -0.2) is 16.4 Å². The van der Waals surface area contributed by atoms with Crippen LogP contribution in [0.1, 0.15) is 5.56 Å². The molecule has 0 aliphatic carbocycles. The van der Waals surface area contributed by atoms with Gasteiger partial charge in [0.15, 0.2) is 11.5 Å². The molecule has 1 aliphatic rings. The van der Waals surface area contributed by atoms with E-state index in [9.17, 15) is 10.1 Å². The minimum atomic E-state index is -1.47. The van der Waals surface area contributed by atoms with Crippen LogP contribution in [0.3, 0.4) is 0 Å². The van der Waals surface area contributed by atoms with Crippen LogP contribution in [-0.2, 0) is 6.61 Å². The van der Waals surface area contributed by atoms with Crippen molar-refractivity contribution in [2.24, 2.45) is 0 Å². The van der Waals surface area contributed by atoms with Gasteiger partial charge in [-0.3, -0.25) is 10.1 Å². The van der Waals surface area contributed by atoms with Crippen LogP contribution in [0, 0.1) is 10.1 Å². The standard InChI is InChI=1S/C8H7NO5/c10-4-5-1-2-6-7(3-5)14-8(13-6)9(11)12/h1-3,8,10H,4H2. The second kappa shape index (κ2) is 3.15. The minimum absolute atomic E-state index is 0.139. The number of rotatable bonds is 2. The van der Waals surface area contributed by atoms with Crippen molar-refractivity contribution in [3.05, 3.63) is 33.9 Å². The van der Waals surface area contributed by atoms with Crippen LogP contribution in [0.4, 0.5) is 0 Å². The van der Waals surface area contributed by atoms with E-state index in [1.165, 1.54) is 12.1 Å². The molecule has 0 aromatic heterocycles. The topological polar surface area (TPSA) is 81.8 Å². The number of nitro groups is 1. The Labute approximate surface area is 78.8 Å². The van der Waals surface area contributed by atoms with Crippen molar-refractivity contribution >= 4 is 0 Å². The van der Waals surface area contributed by atoms with Gasteiger partial charge in [0.2, 0.25) is 0 Å². The van der Waals surface area contributed by atoms with Gasteiger partial charge in [0, 0.05) is 0 Å². The number of ether oxygens (including phenoxy) is 2. The summed E-state index contributed by atoms with van der Waals surface area (Å²) < 4.78 is 9.74. The second-order valence-corrected chi connectivity index (χ2v) is 2.77. The van der Waals surface area contributed by atoms with E-state index >= 15 is 0 Å². The molecule has 1 unspecified atom stereocenters. The third-order valence-electron chi connectivity index (χ3n) is 1.82. The monoisotopic (exact) mass is 197 g/mol. The summed E-state index contributed by atoms with van der Waals surface area (Å²) in [4.78, 5) is 9.66. The second-order valence-electron chi connectivity index (χ2n) is 2.77. The number of fused-ring (bicyclic) bond motifs is 1. The van der Waals surface area contributed by atoms with Crippen LogP contribution in [0.25, 0.3) is 0 Å². The zero-order valence-electron chi connectivity index (χ0n) is 7.04. The molecule has 0 amide bonds. The molecule has 1 N–H and O–H groups in total. The third-order valence-corrected chi connectivity index (χ3v) is 1.82. The summed E-state index contributed by atoms with van der Waals surface area (Å²) in [6.45, 7) is -0.139. The van der Waals surface area contributed by atoms with E-state index in [1.54, 1.807) is 6.07 Å². The summed E-state index contributed by atoms with van der Waals surface area (Å²) in [6, 6.07) is 4.66. The molecule has 0 radical (unpaired) electrons. The number of hydrogen-bond donors (Lipinski definition) is 1. The van der Waals surface area contributed by atoms with Crippen molar-refractivity contribution in [2.45, 2.75) is 13.0 Å². The number of benzene rings is 1. The first-order valence-corrected chi connectivity index (χ1v) is 3.91. The SMILES string of the molecule is O=[N+]([O-])C1Oc2ccc(CO)cc2O1. The van der Waals surface area contributed by atoms with E-state index in [4.69, 9.17) is 14.6 Å². The van der Waals surface area contributed by atoms with Crippen molar-refractivity contribution < 1.29 is 19.5 Å². The average Bonchev–Trinajstić information content (AvgIpc) is 2.59. The number of nitrogens with zero attached hydrogens (tertiary/aromatic N) is 1. The van der Waals surface area contributed by atoms with Gasteiger partial charge in [-0.15, -0.1) is 0 Å². The van der Waals surface area contributed by atoms with E-state index in [0.29, 0.717) is 17.1 Å². The van der Waals surface area contributed by atoms with Gasteiger partial charge in [-0.1, -0.05) is 6.07 Å². The van der Waals surface area contributed by atoms with E-state index in [0.717, 1.165) is 0 Å². The molecule has 14 heavy (non-hydrogen) atoms. The molecular weight excluding hydrogens is 190 g/mol. The van der Waals surface area contributed by atoms with E-state index < -0.39 is 11.3 Å². The zero-order chi connectivity index (χ0) is 10.1. The molecule has 1 atom stereocenters. The lowest BCUT2D eigenvalue weighted by Crippen LogP contribution is -2.27. The average molecular weight is 197 g/mol. The quantitative estimate of drug-likeness (QED) is 0.551. The normalized spacial score (nSPS) is 18.2. The Morgan fingerprint density at radius 3 is 2.79 bits per heavy atom. The number of aliphatic hydroxyl groups excluding tert-OH is 1. The molecule has 1 aromatic carbocycles. The predicted molar refractivity (Wildman–Crippen MR) is 44.4 cm³/mol. The van der Waals surface area contributed by atoms with Gasteiger partial charge in [-0.25, -0.2) is 0 Å². The summed E-state index contributed by atoms with van der Waals surface area (Å²) in [5, 5.41) is 19.1. The van der Waals surface area contributed by atoms with Crippen molar-refractivity contribution in [3.8, 4) is 11.5 Å². The highest BCUT2D eigenvalue weighted by molar-refractivity contribution is 5.44. The molecule has 0 spiro atoms. The largest absolute Gasteiger partial charge is 0.517 e. The van der Waals surface area contributed by atoms with E-state index in [-0.39, 0.29) is 6.61 Å². The van der Waals surface area contributed by atoms with Gasteiger partial charge in [-0.2, -0.15) is 0 Å². The molecule has 1 aliphatic heterocycles. The van der Waals surface area contributed by atoms with Crippen LogP contribution in [0.2, 0.25) is 0 Å². The summed E-state index contributed by atoms with van der Waals surface area (Å²) in [5.74, 6) is 0.613. The summed E-state index contributed by atoms with van der Waals surface area (Å²) in [7, 11) is 0. The Kier molecular flexibility index (Phi) is 1.97. The Morgan fingerprint density at radius 1 is 1.43 bits per heavy atom. The van der Waals surface area contributed by atoms with Crippen LogP contribution < -0.4 is 9.47 Å². The molecule has 1 heterocycles. The Balaban J connectivity index is 2.27. The molecule has 0 fully saturated rings. The molecule has 2 rings (SSSR count). The van der Waals surface area contributed by atoms with Crippen molar-refractivity contribution in [3.63, 3.8) is 0 Å². The zero-order valence-corrected chi connectivity index (χ0v) is 7.04. The number of hydrogen-bond acceptors (Lipinski definition) is 5. The van der Waals surface area contributed by atoms with E-state index in [1.807, 2.05) is 0 Å². The minimum Gasteiger partial charge on any atom is -0.394 e. The molecular formula is C8H7NO5. The van der Waals surface area contributed by atoms with Crippen molar-refractivity contribution in [1.82, 2.24) is 0 Å². The highest BCUT2D eigenvalue weighted by Gasteiger charge is 2.33. The third kappa shape index (κ3) is 1.35. The summed E-state index contributed by atoms with van der Waals surface area (Å²) >= 11 is 0. The fraction of sp³-hybridized carbons (Fsp3) is 0.250. The predicted octanol–water partition coefficient (Wildman–Crippen LogP) is 0.510. The molecule has 1 aromatic rings. The molecule has 6 heteroatoms. The highest BCUT2D eigenvalue weighted by Crippen LogP contribution is 2.35. The maximum Gasteiger partial charge on any atom is 0.517 e. The van der Waals surface area contributed by atoms with Gasteiger partial charge in [0.25, 0.3) is 0 Å². The van der Waals surface area contributed by atoms with Gasteiger partial charge >= 0.3 is 6.41 Å². The fourth-order valence-corrected chi connectivity index (χ4v) is 1.17. The molecule has 6 nitrogen and oxygen atoms in total. The van der Waals surface area contributed by atoms with Gasteiger partial charge in [0.05, 0.1) is 6.61 Å². The van der Waals surface area contributed by atoms with Crippen molar-refractivity contribution in [2.75, 3.05) is 0 Å². The lowest BCUT2D eigenvalue weighted by molar-refractivity contribution is -0.600. The Morgan fingerprint density at radius 2 is 2.14 bits per heavy atom. The Bertz CT molecular complexity index is 378. The first-order valence-electron chi connectivity index (χ1n) is 3.91. The lowest BCUT2D eigenvalue weighted by atomic mass is 10.2. The first kappa shape index (κ1) is 8.76. The van der Waals surface area contributed by atoms with Gasteiger partial charge < -0.3 is 14.6 Å². The van der Waals surface area contributed by atoms with Crippen LogP contribution in [0.5, 0.6) is 11.5 Å². The molecule has 0 saturated heterocycles. The maximum absolute atomic E-state index is 10.3. The lowest BCUT2D eigenvalue weighted by Gasteiger charge is -1.98. The van der Waals surface area contributed by atoms with Crippen LogP contribution in [0.15, 0.2) is 18.2 Å². The Hall–Kier alpha value is -1.82. The van der Waals surface area contributed by atoms with E-state index in [2.05, 4.69) is 0 Å². The van der Waals surface area contributed by atoms with Gasteiger partial charge in [-0.05, 0) is 17.7 Å². The smallest absolute Gasteiger partial charge is 0.394 e. The fourth-order valence-electron chi connectivity index (χ4n) is 1.17.